The summed E-state index contributed by atoms with van der Waals surface area (Å²) in [7, 11) is 0. The van der Waals surface area contributed by atoms with E-state index in [1.54, 1.807) is 0 Å². The molecule has 0 heterocycles. The number of unbranched alkanes of at least 4 members (excludes halogenated alkanes) is 11. The molecule has 0 aromatic carbocycles. The van der Waals surface area contributed by atoms with E-state index in [-0.39, 0.29) is 5.97 Å². The van der Waals surface area contributed by atoms with Gasteiger partial charge in [0.25, 0.3) is 0 Å². The Morgan fingerprint density at radius 3 is 1.73 bits per heavy atom. The second kappa shape index (κ2) is 20.7. The summed E-state index contributed by atoms with van der Waals surface area (Å²) in [4.78, 5) is 14.3. The fraction of sp³-hybridized carbons (Fsp3) is 0.957. The molecule has 0 fully saturated rings. The molecular weight excluding hydrogens is 322 g/mol. The first kappa shape index (κ1) is 25.4. The predicted molar refractivity (Wildman–Crippen MR) is 114 cm³/mol. The minimum atomic E-state index is -0.00778. The van der Waals surface area contributed by atoms with E-state index in [2.05, 4.69) is 25.7 Å². The Morgan fingerprint density at radius 2 is 1.15 bits per heavy atom. The van der Waals surface area contributed by atoms with E-state index >= 15 is 0 Å². The average molecular weight is 370 g/mol. The van der Waals surface area contributed by atoms with E-state index in [9.17, 15) is 4.79 Å². The molecule has 0 aliphatic carbocycles. The number of ether oxygens (including phenoxy) is 1. The van der Waals surface area contributed by atoms with Crippen molar-refractivity contribution in [1.29, 1.82) is 0 Å². The van der Waals surface area contributed by atoms with E-state index in [4.69, 9.17) is 4.74 Å². The largest absolute Gasteiger partial charge is 0.466 e. The van der Waals surface area contributed by atoms with Gasteiger partial charge in [0, 0.05) is 6.42 Å². The van der Waals surface area contributed by atoms with Crippen molar-refractivity contribution >= 4 is 5.97 Å². The average Bonchev–Trinajstić information content (AvgIpc) is 2.65. The third kappa shape index (κ3) is 18.2. The quantitative estimate of drug-likeness (QED) is 0.176. The summed E-state index contributed by atoms with van der Waals surface area (Å²) in [6.07, 6.45) is 18.4. The van der Waals surface area contributed by atoms with Crippen molar-refractivity contribution in [1.82, 2.24) is 4.90 Å². The Balaban J connectivity index is 3.45. The van der Waals surface area contributed by atoms with Gasteiger partial charge in [0.1, 0.15) is 0 Å². The topological polar surface area (TPSA) is 29.5 Å². The van der Waals surface area contributed by atoms with Gasteiger partial charge in [-0.25, -0.2) is 0 Å². The molecule has 26 heavy (non-hydrogen) atoms. The summed E-state index contributed by atoms with van der Waals surface area (Å²) in [6.45, 7) is 10.6. The van der Waals surface area contributed by atoms with Crippen LogP contribution in [-0.4, -0.2) is 37.1 Å². The van der Waals surface area contributed by atoms with Gasteiger partial charge in [0.15, 0.2) is 0 Å². The molecule has 0 aromatic rings. The molecule has 156 valence electrons. The maximum absolute atomic E-state index is 11.8. The van der Waals surface area contributed by atoms with Gasteiger partial charge in [0.05, 0.1) is 6.61 Å². The monoisotopic (exact) mass is 369 g/mol. The highest BCUT2D eigenvalue weighted by Gasteiger charge is 2.06. The number of esters is 1. The zero-order chi connectivity index (χ0) is 19.3. The van der Waals surface area contributed by atoms with Crippen LogP contribution >= 0.6 is 0 Å². The van der Waals surface area contributed by atoms with E-state index in [0.717, 1.165) is 25.9 Å². The molecule has 0 aromatic heterocycles. The standard InChI is InChI=1S/C23H47NO2/c1-4-7-9-11-13-15-17-22-26-23(25)19-18-21-24(6-3)20-16-14-12-10-8-5-2/h4-22H2,1-3H3. The highest BCUT2D eigenvalue weighted by atomic mass is 16.5. The highest BCUT2D eigenvalue weighted by Crippen LogP contribution is 2.08. The molecule has 3 heteroatoms. The number of rotatable bonds is 20. The first-order chi connectivity index (χ1) is 12.7. The zero-order valence-electron chi connectivity index (χ0n) is 18.2. The summed E-state index contributed by atoms with van der Waals surface area (Å²) in [5, 5.41) is 0. The lowest BCUT2D eigenvalue weighted by Crippen LogP contribution is -2.26. The lowest BCUT2D eigenvalue weighted by Gasteiger charge is -2.20. The number of hydrogen-bond acceptors (Lipinski definition) is 3. The number of carbonyl (C=O) groups excluding carboxylic acids is 1. The molecule has 0 atom stereocenters. The van der Waals surface area contributed by atoms with Crippen molar-refractivity contribution in [2.75, 3.05) is 26.2 Å². The van der Waals surface area contributed by atoms with Crippen molar-refractivity contribution in [2.45, 2.75) is 117 Å². The number of hydrogen-bond donors (Lipinski definition) is 0. The van der Waals surface area contributed by atoms with Crippen LogP contribution in [0.3, 0.4) is 0 Å². The van der Waals surface area contributed by atoms with E-state index in [0.29, 0.717) is 13.0 Å². The van der Waals surface area contributed by atoms with Crippen molar-refractivity contribution < 1.29 is 9.53 Å². The molecule has 0 rings (SSSR count). The van der Waals surface area contributed by atoms with Gasteiger partial charge in [-0.1, -0.05) is 91.4 Å². The number of nitrogens with zero attached hydrogens (tertiary/aromatic N) is 1. The molecular formula is C23H47NO2. The Bertz CT molecular complexity index is 294. The second-order valence-corrected chi connectivity index (χ2v) is 7.65. The summed E-state index contributed by atoms with van der Waals surface area (Å²) in [5.74, 6) is -0.00778. The smallest absolute Gasteiger partial charge is 0.305 e. The van der Waals surface area contributed by atoms with Gasteiger partial charge >= 0.3 is 5.97 Å². The molecule has 0 saturated heterocycles. The third-order valence-corrected chi connectivity index (χ3v) is 5.14. The summed E-state index contributed by atoms with van der Waals surface area (Å²) in [6, 6.07) is 0. The second-order valence-electron chi connectivity index (χ2n) is 7.65. The Kier molecular flexibility index (Phi) is 20.3. The number of carbonyl (C=O) groups is 1. The molecule has 0 N–H and O–H groups in total. The van der Waals surface area contributed by atoms with Crippen LogP contribution in [0.25, 0.3) is 0 Å². The summed E-state index contributed by atoms with van der Waals surface area (Å²) < 4.78 is 5.36. The minimum Gasteiger partial charge on any atom is -0.466 e. The van der Waals surface area contributed by atoms with Crippen LogP contribution < -0.4 is 0 Å². The van der Waals surface area contributed by atoms with Crippen LogP contribution in [0.15, 0.2) is 0 Å². The van der Waals surface area contributed by atoms with Gasteiger partial charge in [0.2, 0.25) is 0 Å². The van der Waals surface area contributed by atoms with Gasteiger partial charge in [-0.2, -0.15) is 0 Å². The fourth-order valence-electron chi connectivity index (χ4n) is 3.31. The SMILES string of the molecule is CCCCCCCCCOC(=O)CCCN(CC)CCCCCCCC. The molecule has 0 bridgehead atoms. The van der Waals surface area contributed by atoms with Crippen molar-refractivity contribution in [3.8, 4) is 0 Å². The fourth-order valence-corrected chi connectivity index (χ4v) is 3.31. The van der Waals surface area contributed by atoms with Crippen LogP contribution in [0.1, 0.15) is 117 Å². The van der Waals surface area contributed by atoms with E-state index < -0.39 is 0 Å². The van der Waals surface area contributed by atoms with Crippen LogP contribution in [0.4, 0.5) is 0 Å². The zero-order valence-corrected chi connectivity index (χ0v) is 18.2. The first-order valence-electron chi connectivity index (χ1n) is 11.6. The maximum atomic E-state index is 11.8. The molecule has 3 nitrogen and oxygen atoms in total. The van der Waals surface area contributed by atoms with Crippen molar-refractivity contribution in [3.63, 3.8) is 0 Å². The molecule has 0 amide bonds. The Morgan fingerprint density at radius 1 is 0.654 bits per heavy atom. The maximum Gasteiger partial charge on any atom is 0.305 e. The summed E-state index contributed by atoms with van der Waals surface area (Å²) in [5.41, 5.74) is 0. The third-order valence-electron chi connectivity index (χ3n) is 5.14. The summed E-state index contributed by atoms with van der Waals surface area (Å²) >= 11 is 0. The molecule has 0 spiro atoms. The lowest BCUT2D eigenvalue weighted by atomic mass is 10.1. The molecule has 0 radical (unpaired) electrons. The van der Waals surface area contributed by atoms with Crippen LogP contribution in [0.5, 0.6) is 0 Å². The molecule has 0 aliphatic rings. The van der Waals surface area contributed by atoms with Crippen LogP contribution in [0.2, 0.25) is 0 Å². The van der Waals surface area contributed by atoms with Gasteiger partial charge < -0.3 is 9.64 Å². The van der Waals surface area contributed by atoms with Gasteiger partial charge in [-0.15, -0.1) is 0 Å². The van der Waals surface area contributed by atoms with Gasteiger partial charge in [-0.3, -0.25) is 4.79 Å². The Labute approximate surface area is 164 Å². The molecule has 0 unspecified atom stereocenters. The van der Waals surface area contributed by atoms with Crippen LogP contribution in [0, 0.1) is 0 Å². The Hall–Kier alpha value is -0.570. The van der Waals surface area contributed by atoms with E-state index in [1.807, 2.05) is 0 Å². The van der Waals surface area contributed by atoms with E-state index in [1.165, 1.54) is 83.6 Å². The minimum absolute atomic E-state index is 0.00778. The molecule has 0 saturated carbocycles. The van der Waals surface area contributed by atoms with Gasteiger partial charge in [-0.05, 0) is 38.9 Å². The predicted octanol–water partition coefficient (Wildman–Crippen LogP) is 6.74. The van der Waals surface area contributed by atoms with Crippen LogP contribution in [-0.2, 0) is 9.53 Å². The van der Waals surface area contributed by atoms with Crippen molar-refractivity contribution in [3.05, 3.63) is 0 Å². The normalized spacial score (nSPS) is 11.2. The van der Waals surface area contributed by atoms with Crippen molar-refractivity contribution in [2.24, 2.45) is 0 Å². The lowest BCUT2D eigenvalue weighted by molar-refractivity contribution is -0.143. The highest BCUT2D eigenvalue weighted by molar-refractivity contribution is 5.69. The first-order valence-corrected chi connectivity index (χ1v) is 11.6. The molecule has 0 aliphatic heterocycles.